The summed E-state index contributed by atoms with van der Waals surface area (Å²) in [4.78, 5) is 4.71. The second-order valence-electron chi connectivity index (χ2n) is 7.14. The highest BCUT2D eigenvalue weighted by atomic mass is 127. The lowest BCUT2D eigenvalue weighted by Crippen LogP contribution is -2.41. The van der Waals surface area contributed by atoms with Gasteiger partial charge in [-0.15, -0.1) is 24.0 Å². The van der Waals surface area contributed by atoms with Gasteiger partial charge in [0.25, 0.3) is 0 Å². The summed E-state index contributed by atoms with van der Waals surface area (Å²) in [6, 6.07) is 5.64. The van der Waals surface area contributed by atoms with E-state index in [1.54, 1.807) is 6.07 Å². The fourth-order valence-electron chi connectivity index (χ4n) is 3.42. The molecule has 0 atom stereocenters. The molecule has 0 radical (unpaired) electrons. The van der Waals surface area contributed by atoms with Gasteiger partial charge in [-0.25, -0.2) is 0 Å². The number of alkyl halides is 3. The average molecular weight is 543 g/mol. The van der Waals surface area contributed by atoms with Gasteiger partial charge in [-0.3, -0.25) is 4.99 Å². The van der Waals surface area contributed by atoms with Crippen LogP contribution in [0.25, 0.3) is 0 Å². The first-order chi connectivity index (χ1) is 13.9. The molecule has 1 aliphatic heterocycles. The van der Waals surface area contributed by atoms with Gasteiger partial charge in [-0.2, -0.15) is 13.2 Å². The van der Waals surface area contributed by atoms with Crippen molar-refractivity contribution in [2.75, 3.05) is 46.1 Å². The van der Waals surface area contributed by atoms with Crippen LogP contribution in [0.15, 0.2) is 29.3 Å². The third kappa shape index (κ3) is 8.22. The van der Waals surface area contributed by atoms with E-state index in [1.807, 2.05) is 13.8 Å². The van der Waals surface area contributed by atoms with E-state index in [1.165, 1.54) is 12.1 Å². The Morgan fingerprint density at radius 2 is 1.93 bits per heavy atom. The number of halogens is 4. The van der Waals surface area contributed by atoms with E-state index in [4.69, 9.17) is 14.5 Å². The fraction of sp³-hybridized carbons (Fsp3) is 0.667. The van der Waals surface area contributed by atoms with Crippen LogP contribution in [0.3, 0.4) is 0 Å². The Labute approximate surface area is 194 Å². The Balaban J connectivity index is 0.00000450. The van der Waals surface area contributed by atoms with Gasteiger partial charge in [0.05, 0.1) is 12.1 Å². The van der Waals surface area contributed by atoms with Crippen molar-refractivity contribution >= 4 is 29.9 Å². The van der Waals surface area contributed by atoms with E-state index in [2.05, 4.69) is 10.6 Å². The molecule has 0 aromatic heterocycles. The highest BCUT2D eigenvalue weighted by molar-refractivity contribution is 14.0. The Hall–Kier alpha value is -1.07. The molecule has 5 nitrogen and oxygen atoms in total. The molecule has 0 unspecified atom stereocenters. The van der Waals surface area contributed by atoms with Crippen molar-refractivity contribution < 1.29 is 22.6 Å². The van der Waals surface area contributed by atoms with Crippen LogP contribution in [-0.4, -0.2) is 52.0 Å². The van der Waals surface area contributed by atoms with Crippen LogP contribution in [0.1, 0.15) is 44.2 Å². The highest BCUT2D eigenvalue weighted by Gasteiger charge is 2.37. The molecular formula is C21H33F3IN3O2. The monoisotopic (exact) mass is 543 g/mol. The predicted octanol–water partition coefficient (Wildman–Crippen LogP) is 4.35. The summed E-state index contributed by atoms with van der Waals surface area (Å²) in [5.74, 6) is 0.668. The lowest BCUT2D eigenvalue weighted by atomic mass is 9.74. The first-order valence-electron chi connectivity index (χ1n) is 10.3. The number of aliphatic imine (C=N–C) groups is 1. The molecule has 2 rings (SSSR count). The average Bonchev–Trinajstić information content (AvgIpc) is 2.72. The SMILES string of the molecule is CCNC(=NCC1(c2cccc(C(F)(F)F)c2)CCOCC1)NCCCOCC.I. The van der Waals surface area contributed by atoms with Gasteiger partial charge in [-0.1, -0.05) is 18.2 Å². The molecule has 0 spiro atoms. The maximum Gasteiger partial charge on any atom is 0.416 e. The second-order valence-corrected chi connectivity index (χ2v) is 7.14. The van der Waals surface area contributed by atoms with Crippen molar-refractivity contribution in [3.63, 3.8) is 0 Å². The molecule has 0 amide bonds. The molecule has 30 heavy (non-hydrogen) atoms. The van der Waals surface area contributed by atoms with E-state index in [0.29, 0.717) is 70.4 Å². The van der Waals surface area contributed by atoms with Crippen LogP contribution in [-0.2, 0) is 21.1 Å². The predicted molar refractivity (Wildman–Crippen MR) is 124 cm³/mol. The Kier molecular flexibility index (Phi) is 12.0. The molecule has 2 N–H and O–H groups in total. The number of nitrogens with one attached hydrogen (secondary N) is 2. The molecule has 1 aliphatic rings. The van der Waals surface area contributed by atoms with Gasteiger partial charge in [0.1, 0.15) is 0 Å². The van der Waals surface area contributed by atoms with Crippen LogP contribution in [0, 0.1) is 0 Å². The highest BCUT2D eigenvalue weighted by Crippen LogP contribution is 2.38. The standard InChI is InChI=1S/C21H32F3N3O2.HI/c1-3-25-19(26-11-6-12-28-4-2)27-16-20(9-13-29-14-10-20)17-7-5-8-18(15-17)21(22,23)24;/h5,7-8,15H,3-4,6,9-14,16H2,1-2H3,(H2,25,26,27);1H. The third-order valence-electron chi connectivity index (χ3n) is 5.10. The van der Waals surface area contributed by atoms with Gasteiger partial charge in [0, 0.05) is 44.9 Å². The molecule has 1 aromatic carbocycles. The molecule has 0 bridgehead atoms. The summed E-state index contributed by atoms with van der Waals surface area (Å²) in [7, 11) is 0. The minimum absolute atomic E-state index is 0. The summed E-state index contributed by atoms with van der Waals surface area (Å²) >= 11 is 0. The zero-order valence-electron chi connectivity index (χ0n) is 17.7. The van der Waals surface area contributed by atoms with E-state index >= 15 is 0 Å². The molecule has 1 fully saturated rings. The molecule has 0 aliphatic carbocycles. The van der Waals surface area contributed by atoms with Crippen LogP contribution in [0.2, 0.25) is 0 Å². The number of rotatable bonds is 9. The number of ether oxygens (including phenoxy) is 2. The lowest BCUT2D eigenvalue weighted by molar-refractivity contribution is -0.137. The van der Waals surface area contributed by atoms with Crippen LogP contribution in [0.5, 0.6) is 0 Å². The summed E-state index contributed by atoms with van der Waals surface area (Å²) in [6.07, 6.45) is -2.23. The van der Waals surface area contributed by atoms with Crippen molar-refractivity contribution in [1.29, 1.82) is 0 Å². The largest absolute Gasteiger partial charge is 0.416 e. The van der Waals surface area contributed by atoms with Crippen molar-refractivity contribution in [3.05, 3.63) is 35.4 Å². The number of hydrogen-bond donors (Lipinski definition) is 2. The van der Waals surface area contributed by atoms with Crippen molar-refractivity contribution in [1.82, 2.24) is 10.6 Å². The van der Waals surface area contributed by atoms with Gasteiger partial charge in [-0.05, 0) is 44.7 Å². The Morgan fingerprint density at radius 1 is 1.20 bits per heavy atom. The Bertz CT molecular complexity index is 651. The molecule has 0 saturated carbocycles. The Morgan fingerprint density at radius 3 is 2.57 bits per heavy atom. The minimum Gasteiger partial charge on any atom is -0.382 e. The van der Waals surface area contributed by atoms with Crippen LogP contribution in [0.4, 0.5) is 13.2 Å². The topological polar surface area (TPSA) is 54.9 Å². The molecule has 172 valence electrons. The van der Waals surface area contributed by atoms with Gasteiger partial charge < -0.3 is 20.1 Å². The number of benzene rings is 1. The third-order valence-corrected chi connectivity index (χ3v) is 5.10. The minimum atomic E-state index is -4.36. The van der Waals surface area contributed by atoms with Crippen LogP contribution >= 0.6 is 24.0 Å². The fourth-order valence-corrected chi connectivity index (χ4v) is 3.42. The van der Waals surface area contributed by atoms with Gasteiger partial charge in [0.2, 0.25) is 0 Å². The first-order valence-corrected chi connectivity index (χ1v) is 10.3. The van der Waals surface area contributed by atoms with Crippen LogP contribution < -0.4 is 10.6 Å². The summed E-state index contributed by atoms with van der Waals surface area (Å²) in [5, 5.41) is 6.48. The zero-order chi connectivity index (χ0) is 21.2. The van der Waals surface area contributed by atoms with Crippen molar-refractivity contribution in [2.45, 2.75) is 44.7 Å². The number of nitrogens with zero attached hydrogens (tertiary/aromatic N) is 1. The molecule has 1 saturated heterocycles. The smallest absolute Gasteiger partial charge is 0.382 e. The van der Waals surface area contributed by atoms with E-state index in [-0.39, 0.29) is 24.0 Å². The summed E-state index contributed by atoms with van der Waals surface area (Å²) in [5.41, 5.74) is -0.412. The molecule has 1 heterocycles. The van der Waals surface area contributed by atoms with Crippen molar-refractivity contribution in [3.8, 4) is 0 Å². The van der Waals surface area contributed by atoms with Gasteiger partial charge >= 0.3 is 6.18 Å². The number of hydrogen-bond acceptors (Lipinski definition) is 3. The van der Waals surface area contributed by atoms with Crippen molar-refractivity contribution in [2.24, 2.45) is 4.99 Å². The lowest BCUT2D eigenvalue weighted by Gasteiger charge is -2.37. The quantitative estimate of drug-likeness (QED) is 0.211. The maximum atomic E-state index is 13.2. The number of guanidine groups is 1. The molecule has 1 aromatic rings. The van der Waals surface area contributed by atoms with E-state index < -0.39 is 17.2 Å². The maximum absolute atomic E-state index is 13.2. The second kappa shape index (κ2) is 13.4. The first kappa shape index (κ1) is 27.0. The van der Waals surface area contributed by atoms with Gasteiger partial charge in [0.15, 0.2) is 5.96 Å². The summed E-state index contributed by atoms with van der Waals surface area (Å²) in [6.45, 7) is 8.16. The zero-order valence-corrected chi connectivity index (χ0v) is 20.0. The van der Waals surface area contributed by atoms with E-state index in [0.717, 1.165) is 12.5 Å². The molecule has 9 heteroatoms. The molecular weight excluding hydrogens is 510 g/mol. The summed E-state index contributed by atoms with van der Waals surface area (Å²) < 4.78 is 50.5. The van der Waals surface area contributed by atoms with E-state index in [9.17, 15) is 13.2 Å². The normalized spacial score (nSPS) is 16.6.